The van der Waals surface area contributed by atoms with Crippen molar-refractivity contribution in [3.05, 3.63) is 18.2 Å². The molecule has 1 aliphatic rings. The number of nitrogens with one attached hydrogen (secondary N) is 1. The van der Waals surface area contributed by atoms with Gasteiger partial charge in [0.15, 0.2) is 9.84 Å². The van der Waals surface area contributed by atoms with Gasteiger partial charge in [-0.15, -0.1) is 0 Å². The van der Waals surface area contributed by atoms with Gasteiger partial charge in [0.1, 0.15) is 0 Å². The largest absolute Gasteiger partial charge is 0.396 e. The van der Waals surface area contributed by atoms with E-state index in [1.807, 2.05) is 6.07 Å². The van der Waals surface area contributed by atoms with Crippen LogP contribution in [0.1, 0.15) is 19.3 Å². The number of sulfone groups is 1. The first-order chi connectivity index (χ1) is 9.88. The van der Waals surface area contributed by atoms with Crippen molar-refractivity contribution < 1.29 is 8.42 Å². The highest BCUT2D eigenvalue weighted by Gasteiger charge is 2.17. The van der Waals surface area contributed by atoms with E-state index >= 15 is 0 Å². The third-order valence-electron chi connectivity index (χ3n) is 4.17. The smallest absolute Gasteiger partial charge is 0.177 e. The third kappa shape index (κ3) is 4.35. The predicted molar refractivity (Wildman–Crippen MR) is 87.3 cm³/mol. The van der Waals surface area contributed by atoms with Crippen molar-refractivity contribution in [2.24, 2.45) is 5.92 Å². The van der Waals surface area contributed by atoms with Crippen molar-refractivity contribution in [1.82, 2.24) is 4.90 Å². The van der Waals surface area contributed by atoms with Crippen molar-refractivity contribution in [3.8, 4) is 0 Å². The van der Waals surface area contributed by atoms with Gasteiger partial charge in [0.05, 0.1) is 16.3 Å². The third-order valence-corrected chi connectivity index (χ3v) is 5.33. The number of anilines is 2. The SMILES string of the molecule is CN1CCC(CCNc2cccc(S(C)(=O)=O)c2N)CC1. The molecule has 1 fully saturated rings. The molecule has 0 radical (unpaired) electrons. The molecule has 0 aliphatic carbocycles. The minimum Gasteiger partial charge on any atom is -0.396 e. The maximum absolute atomic E-state index is 11.6. The second-order valence-corrected chi connectivity index (χ2v) is 7.94. The summed E-state index contributed by atoms with van der Waals surface area (Å²) in [6, 6.07) is 5.11. The van der Waals surface area contributed by atoms with Crippen LogP contribution in [0.15, 0.2) is 23.1 Å². The zero-order valence-electron chi connectivity index (χ0n) is 12.8. The standard InChI is InChI=1S/C15H25N3O2S/c1-18-10-7-12(8-11-18)6-9-17-13-4-3-5-14(15(13)16)21(2,19)20/h3-5,12,17H,6-11,16H2,1-2H3. The quantitative estimate of drug-likeness (QED) is 0.811. The topological polar surface area (TPSA) is 75.4 Å². The van der Waals surface area contributed by atoms with E-state index in [4.69, 9.17) is 5.73 Å². The van der Waals surface area contributed by atoms with E-state index in [2.05, 4.69) is 17.3 Å². The Morgan fingerprint density at radius 3 is 2.62 bits per heavy atom. The number of hydrogen-bond acceptors (Lipinski definition) is 5. The molecule has 0 spiro atoms. The van der Waals surface area contributed by atoms with Crippen molar-refractivity contribution in [3.63, 3.8) is 0 Å². The van der Waals surface area contributed by atoms with Gasteiger partial charge in [0.25, 0.3) is 0 Å². The highest BCUT2D eigenvalue weighted by Crippen LogP contribution is 2.27. The molecule has 21 heavy (non-hydrogen) atoms. The zero-order chi connectivity index (χ0) is 15.5. The molecule has 0 atom stereocenters. The van der Waals surface area contributed by atoms with Crippen LogP contribution in [0.4, 0.5) is 11.4 Å². The molecule has 0 bridgehead atoms. The molecule has 1 aliphatic heterocycles. The summed E-state index contributed by atoms with van der Waals surface area (Å²) in [6.07, 6.45) is 4.74. The monoisotopic (exact) mass is 311 g/mol. The van der Waals surface area contributed by atoms with Crippen LogP contribution in [-0.2, 0) is 9.84 Å². The molecule has 6 heteroatoms. The summed E-state index contributed by atoms with van der Waals surface area (Å²) >= 11 is 0. The number of benzene rings is 1. The van der Waals surface area contributed by atoms with Gasteiger partial charge in [0.2, 0.25) is 0 Å². The molecule has 118 valence electrons. The number of hydrogen-bond donors (Lipinski definition) is 2. The van der Waals surface area contributed by atoms with Crippen LogP contribution < -0.4 is 11.1 Å². The van der Waals surface area contributed by atoms with E-state index in [1.54, 1.807) is 12.1 Å². The number of likely N-dealkylation sites (tertiary alicyclic amines) is 1. The van der Waals surface area contributed by atoms with E-state index in [0.29, 0.717) is 11.4 Å². The first kappa shape index (κ1) is 16.1. The lowest BCUT2D eigenvalue weighted by atomic mass is 9.94. The Labute approximate surface area is 127 Å². The van der Waals surface area contributed by atoms with Gasteiger partial charge in [-0.3, -0.25) is 0 Å². The summed E-state index contributed by atoms with van der Waals surface area (Å²) in [5, 5.41) is 3.28. The number of nitrogens with two attached hydrogens (primary N) is 1. The average molecular weight is 311 g/mol. The van der Waals surface area contributed by atoms with E-state index in [-0.39, 0.29) is 4.90 Å². The van der Waals surface area contributed by atoms with Gasteiger partial charge in [-0.25, -0.2) is 8.42 Å². The Balaban J connectivity index is 1.92. The van der Waals surface area contributed by atoms with Crippen LogP contribution in [0.5, 0.6) is 0 Å². The lowest BCUT2D eigenvalue weighted by Gasteiger charge is -2.29. The van der Waals surface area contributed by atoms with Gasteiger partial charge in [-0.1, -0.05) is 6.07 Å². The van der Waals surface area contributed by atoms with Crippen LogP contribution in [0, 0.1) is 5.92 Å². The first-order valence-corrected chi connectivity index (χ1v) is 9.28. The fourth-order valence-electron chi connectivity index (χ4n) is 2.78. The van der Waals surface area contributed by atoms with E-state index in [9.17, 15) is 8.42 Å². The summed E-state index contributed by atoms with van der Waals surface area (Å²) in [7, 11) is -1.12. The highest BCUT2D eigenvalue weighted by atomic mass is 32.2. The van der Waals surface area contributed by atoms with E-state index < -0.39 is 9.84 Å². The second-order valence-electron chi connectivity index (χ2n) is 5.95. The maximum Gasteiger partial charge on any atom is 0.177 e. The molecule has 1 saturated heterocycles. The van der Waals surface area contributed by atoms with Crippen molar-refractivity contribution in [1.29, 1.82) is 0 Å². The van der Waals surface area contributed by atoms with Crippen molar-refractivity contribution in [2.45, 2.75) is 24.2 Å². The average Bonchev–Trinajstić information content (AvgIpc) is 2.41. The summed E-state index contributed by atoms with van der Waals surface area (Å²) in [4.78, 5) is 2.56. The first-order valence-electron chi connectivity index (χ1n) is 7.39. The normalized spacial score (nSPS) is 17.8. The minimum absolute atomic E-state index is 0.201. The molecule has 0 amide bonds. The summed E-state index contributed by atoms with van der Waals surface area (Å²) in [6.45, 7) is 3.15. The molecule has 0 saturated carbocycles. The lowest BCUT2D eigenvalue weighted by Crippen LogP contribution is -2.30. The number of piperidine rings is 1. The van der Waals surface area contributed by atoms with Gasteiger partial charge < -0.3 is 16.0 Å². The Hall–Kier alpha value is -1.27. The van der Waals surface area contributed by atoms with Crippen LogP contribution in [0.2, 0.25) is 0 Å². The molecule has 0 aromatic heterocycles. The van der Waals surface area contributed by atoms with Gasteiger partial charge in [-0.05, 0) is 57.5 Å². The van der Waals surface area contributed by atoms with E-state index in [0.717, 1.165) is 32.0 Å². The van der Waals surface area contributed by atoms with Crippen molar-refractivity contribution in [2.75, 3.05) is 44.0 Å². The Morgan fingerprint density at radius 2 is 2.00 bits per heavy atom. The van der Waals surface area contributed by atoms with Crippen LogP contribution in [0.25, 0.3) is 0 Å². The van der Waals surface area contributed by atoms with Gasteiger partial charge in [0, 0.05) is 12.8 Å². The van der Waals surface area contributed by atoms with Gasteiger partial charge in [-0.2, -0.15) is 0 Å². The fourth-order valence-corrected chi connectivity index (χ4v) is 3.62. The van der Waals surface area contributed by atoms with E-state index in [1.165, 1.54) is 19.1 Å². The molecule has 1 heterocycles. The Bertz CT molecular complexity index is 579. The van der Waals surface area contributed by atoms with Crippen LogP contribution in [-0.4, -0.2) is 46.3 Å². The summed E-state index contributed by atoms with van der Waals surface area (Å²) < 4.78 is 23.3. The second kappa shape index (κ2) is 6.66. The van der Waals surface area contributed by atoms with Crippen molar-refractivity contribution >= 4 is 21.2 Å². The summed E-state index contributed by atoms with van der Waals surface area (Å²) in [5.41, 5.74) is 6.99. The summed E-state index contributed by atoms with van der Waals surface area (Å²) in [5.74, 6) is 0.744. The lowest BCUT2D eigenvalue weighted by molar-refractivity contribution is 0.215. The fraction of sp³-hybridized carbons (Fsp3) is 0.600. The molecule has 3 N–H and O–H groups in total. The number of para-hydroxylation sites is 1. The van der Waals surface area contributed by atoms with Gasteiger partial charge >= 0.3 is 0 Å². The number of nitrogen functional groups attached to an aromatic ring is 1. The minimum atomic E-state index is -3.28. The van der Waals surface area contributed by atoms with Crippen LogP contribution in [0.3, 0.4) is 0 Å². The predicted octanol–water partition coefficient (Wildman–Crippen LogP) is 1.82. The molecule has 2 rings (SSSR count). The Morgan fingerprint density at radius 1 is 1.33 bits per heavy atom. The maximum atomic E-state index is 11.6. The molecule has 1 aromatic carbocycles. The number of nitrogens with zero attached hydrogens (tertiary/aromatic N) is 1. The molecular weight excluding hydrogens is 286 g/mol. The molecule has 5 nitrogen and oxygen atoms in total. The highest BCUT2D eigenvalue weighted by molar-refractivity contribution is 7.90. The molecule has 1 aromatic rings. The zero-order valence-corrected chi connectivity index (χ0v) is 13.6. The number of rotatable bonds is 5. The molecule has 0 unspecified atom stereocenters. The molecular formula is C15H25N3O2S. The Kier molecular flexibility index (Phi) is 5.11. The van der Waals surface area contributed by atoms with Crippen LogP contribution >= 0.6 is 0 Å².